The van der Waals surface area contributed by atoms with Crippen molar-refractivity contribution in [1.82, 2.24) is 4.90 Å². The topological polar surface area (TPSA) is 40.5 Å². The highest BCUT2D eigenvalue weighted by atomic mass is 35.5. The molecule has 1 fully saturated rings. The van der Waals surface area contributed by atoms with Crippen LogP contribution >= 0.6 is 23.2 Å². The number of carboxylic acids is 1. The number of carboxylic acid groups (broad SMARTS) is 1. The monoisotopic (exact) mass is 391 g/mol. The number of benzene rings is 2. The summed E-state index contributed by atoms with van der Waals surface area (Å²) in [4.78, 5) is 13.9. The van der Waals surface area contributed by atoms with Crippen molar-refractivity contribution in [2.75, 3.05) is 6.54 Å². The first-order chi connectivity index (χ1) is 12.5. The van der Waals surface area contributed by atoms with Gasteiger partial charge in [0.1, 0.15) is 6.04 Å². The molecule has 3 rings (SSSR count). The van der Waals surface area contributed by atoms with Crippen LogP contribution in [0.4, 0.5) is 0 Å². The van der Waals surface area contributed by atoms with Crippen molar-refractivity contribution >= 4 is 29.2 Å². The summed E-state index contributed by atoms with van der Waals surface area (Å²) in [6.07, 6.45) is 3.54. The van der Waals surface area contributed by atoms with E-state index >= 15 is 0 Å². The van der Waals surface area contributed by atoms with E-state index < -0.39 is 12.0 Å². The van der Waals surface area contributed by atoms with Crippen molar-refractivity contribution in [2.24, 2.45) is 0 Å². The molecular formula is C21H23Cl2NO2. The summed E-state index contributed by atoms with van der Waals surface area (Å²) >= 11 is 12.6. The van der Waals surface area contributed by atoms with Crippen LogP contribution in [0.25, 0.3) is 0 Å². The van der Waals surface area contributed by atoms with E-state index in [2.05, 4.69) is 36.1 Å². The van der Waals surface area contributed by atoms with Crippen LogP contribution in [0.15, 0.2) is 42.5 Å². The fourth-order valence-corrected chi connectivity index (χ4v) is 4.25. The summed E-state index contributed by atoms with van der Waals surface area (Å²) in [6.45, 7) is 2.85. The number of hydrogen-bond donors (Lipinski definition) is 1. The fourth-order valence-electron chi connectivity index (χ4n) is 3.74. The summed E-state index contributed by atoms with van der Waals surface area (Å²) in [7, 11) is 0. The average molecular weight is 392 g/mol. The molecule has 1 saturated heterocycles. The molecule has 1 N–H and O–H groups in total. The highest BCUT2D eigenvalue weighted by molar-refractivity contribution is 6.35. The van der Waals surface area contributed by atoms with Gasteiger partial charge in [0.2, 0.25) is 0 Å². The van der Waals surface area contributed by atoms with Gasteiger partial charge in [-0.25, -0.2) is 0 Å². The molecule has 1 aliphatic heterocycles. The Balaban J connectivity index is 2.09. The molecule has 0 radical (unpaired) electrons. The molecule has 2 aromatic rings. The van der Waals surface area contributed by atoms with Crippen LogP contribution < -0.4 is 0 Å². The first-order valence-corrected chi connectivity index (χ1v) is 9.79. The van der Waals surface area contributed by atoms with E-state index in [1.807, 2.05) is 12.1 Å². The Kier molecular flexibility index (Phi) is 6.23. The number of rotatable bonds is 5. The fraction of sp³-hybridized carbons (Fsp3) is 0.381. The highest BCUT2D eigenvalue weighted by Crippen LogP contribution is 2.38. The van der Waals surface area contributed by atoms with Gasteiger partial charge in [0, 0.05) is 10.0 Å². The third kappa shape index (κ3) is 4.06. The molecule has 1 aliphatic rings. The third-order valence-electron chi connectivity index (χ3n) is 5.12. The zero-order valence-electron chi connectivity index (χ0n) is 14.8. The molecule has 0 amide bonds. The Bertz CT molecular complexity index is 776. The van der Waals surface area contributed by atoms with E-state index in [0.717, 1.165) is 36.9 Å². The minimum absolute atomic E-state index is 0.202. The first-order valence-electron chi connectivity index (χ1n) is 9.03. The first kappa shape index (κ1) is 19.2. The molecule has 3 nitrogen and oxygen atoms in total. The largest absolute Gasteiger partial charge is 0.480 e. The van der Waals surface area contributed by atoms with E-state index in [-0.39, 0.29) is 6.04 Å². The van der Waals surface area contributed by atoms with Crippen LogP contribution in [0.2, 0.25) is 10.0 Å². The maximum Gasteiger partial charge on any atom is 0.320 e. The number of likely N-dealkylation sites (tertiary alicyclic amines) is 1. The van der Waals surface area contributed by atoms with Crippen LogP contribution in [0.3, 0.4) is 0 Å². The lowest BCUT2D eigenvalue weighted by molar-refractivity contribution is -0.145. The lowest BCUT2D eigenvalue weighted by Gasteiger charge is -2.40. The van der Waals surface area contributed by atoms with Crippen molar-refractivity contribution in [3.8, 4) is 0 Å². The van der Waals surface area contributed by atoms with Gasteiger partial charge in [-0.3, -0.25) is 9.69 Å². The number of carbonyl (C=O) groups is 1. The number of aryl methyl sites for hydroxylation is 1. The number of nitrogens with zero attached hydrogens (tertiary/aromatic N) is 1. The quantitative estimate of drug-likeness (QED) is 0.722. The Morgan fingerprint density at radius 2 is 1.92 bits per heavy atom. The molecule has 0 aliphatic carbocycles. The third-order valence-corrected chi connectivity index (χ3v) is 5.68. The normalized spacial score (nSPS) is 19.3. The van der Waals surface area contributed by atoms with Gasteiger partial charge in [0.25, 0.3) is 0 Å². The minimum Gasteiger partial charge on any atom is -0.480 e. The summed E-state index contributed by atoms with van der Waals surface area (Å²) in [6, 6.07) is 13.1. The lowest BCUT2D eigenvalue weighted by Crippen LogP contribution is -2.46. The Morgan fingerprint density at radius 3 is 2.54 bits per heavy atom. The SMILES string of the molecule is CCc1ccc(C(c2ccc(Cl)cc2Cl)N2CCCCC2C(=O)O)cc1. The van der Waals surface area contributed by atoms with E-state index in [1.165, 1.54) is 5.56 Å². The van der Waals surface area contributed by atoms with E-state index in [0.29, 0.717) is 16.5 Å². The average Bonchev–Trinajstić information content (AvgIpc) is 2.64. The van der Waals surface area contributed by atoms with Gasteiger partial charge in [-0.15, -0.1) is 0 Å². The highest BCUT2D eigenvalue weighted by Gasteiger charge is 2.35. The van der Waals surface area contributed by atoms with Gasteiger partial charge in [-0.2, -0.15) is 0 Å². The predicted octanol–water partition coefficient (Wildman–Crippen LogP) is 5.58. The van der Waals surface area contributed by atoms with Crippen molar-refractivity contribution < 1.29 is 9.90 Å². The van der Waals surface area contributed by atoms with Crippen molar-refractivity contribution in [2.45, 2.75) is 44.7 Å². The lowest BCUT2D eigenvalue weighted by atomic mass is 9.91. The Hall–Kier alpha value is -1.55. The van der Waals surface area contributed by atoms with E-state index in [1.54, 1.807) is 6.07 Å². The van der Waals surface area contributed by atoms with Crippen LogP contribution in [0, 0.1) is 0 Å². The maximum atomic E-state index is 11.9. The van der Waals surface area contributed by atoms with Gasteiger partial charge in [0.15, 0.2) is 0 Å². The van der Waals surface area contributed by atoms with Crippen molar-refractivity contribution in [1.29, 1.82) is 0 Å². The maximum absolute atomic E-state index is 11.9. The molecule has 0 spiro atoms. The van der Waals surface area contributed by atoms with Crippen LogP contribution in [0.1, 0.15) is 48.9 Å². The molecular weight excluding hydrogens is 369 g/mol. The van der Waals surface area contributed by atoms with Gasteiger partial charge in [-0.05, 0) is 54.6 Å². The van der Waals surface area contributed by atoms with E-state index in [9.17, 15) is 9.90 Å². The molecule has 5 heteroatoms. The zero-order valence-corrected chi connectivity index (χ0v) is 16.3. The van der Waals surface area contributed by atoms with Crippen molar-refractivity contribution in [3.63, 3.8) is 0 Å². The number of hydrogen-bond acceptors (Lipinski definition) is 2. The van der Waals surface area contributed by atoms with Gasteiger partial charge in [0.05, 0.1) is 6.04 Å². The van der Waals surface area contributed by atoms with Gasteiger partial charge >= 0.3 is 5.97 Å². The molecule has 2 unspecified atom stereocenters. The number of piperidine rings is 1. The van der Waals surface area contributed by atoms with Gasteiger partial charge in [-0.1, -0.05) is 66.9 Å². The second-order valence-corrected chi connectivity index (χ2v) is 7.59. The standard InChI is InChI=1S/C21H23Cl2NO2/c1-2-14-6-8-15(9-7-14)20(17-11-10-16(22)13-18(17)23)24-12-4-3-5-19(24)21(25)26/h6-11,13,19-20H,2-5,12H2,1H3,(H,25,26). The molecule has 1 heterocycles. The summed E-state index contributed by atoms with van der Waals surface area (Å²) in [5, 5.41) is 10.9. The smallest absolute Gasteiger partial charge is 0.320 e. The minimum atomic E-state index is -0.773. The molecule has 138 valence electrons. The summed E-state index contributed by atoms with van der Waals surface area (Å²) < 4.78 is 0. The van der Waals surface area contributed by atoms with Crippen LogP contribution in [-0.4, -0.2) is 28.6 Å². The Morgan fingerprint density at radius 1 is 1.19 bits per heavy atom. The summed E-state index contributed by atoms with van der Waals surface area (Å²) in [5.74, 6) is -0.773. The molecule has 2 aromatic carbocycles. The molecule has 0 aromatic heterocycles. The van der Waals surface area contributed by atoms with Crippen LogP contribution in [-0.2, 0) is 11.2 Å². The number of halogens is 2. The second-order valence-electron chi connectivity index (χ2n) is 6.75. The molecule has 2 atom stereocenters. The van der Waals surface area contributed by atoms with E-state index in [4.69, 9.17) is 23.2 Å². The van der Waals surface area contributed by atoms with Crippen molar-refractivity contribution in [3.05, 3.63) is 69.2 Å². The van der Waals surface area contributed by atoms with Crippen LogP contribution in [0.5, 0.6) is 0 Å². The Labute approximate surface area is 164 Å². The number of aliphatic carboxylic acids is 1. The zero-order chi connectivity index (χ0) is 18.7. The molecule has 26 heavy (non-hydrogen) atoms. The predicted molar refractivity (Wildman–Crippen MR) is 106 cm³/mol. The molecule has 0 saturated carbocycles. The summed E-state index contributed by atoms with van der Waals surface area (Å²) in [5.41, 5.74) is 3.20. The molecule has 0 bridgehead atoms. The second kappa shape index (κ2) is 8.43. The van der Waals surface area contributed by atoms with Gasteiger partial charge < -0.3 is 5.11 Å².